The third kappa shape index (κ3) is 4.85. The van der Waals surface area contributed by atoms with Crippen LogP contribution in [0.1, 0.15) is 32.3 Å². The summed E-state index contributed by atoms with van der Waals surface area (Å²) in [4.78, 5) is 11.2. The van der Waals surface area contributed by atoms with E-state index in [4.69, 9.17) is 38.8 Å². The maximum Gasteiger partial charge on any atom is 0.344 e. The largest absolute Gasteiger partial charge is 0.479 e. The molecule has 2 unspecified atom stereocenters. The molecule has 112 valence electrons. The quantitative estimate of drug-likeness (QED) is 0.806. The predicted octanol–water partition coefficient (Wildman–Crippen LogP) is 3.52. The first-order valence-corrected chi connectivity index (χ1v) is 7.23. The van der Waals surface area contributed by atoms with Crippen molar-refractivity contribution in [2.24, 2.45) is 5.73 Å². The van der Waals surface area contributed by atoms with Crippen molar-refractivity contribution < 1.29 is 14.6 Å². The van der Waals surface area contributed by atoms with Crippen LogP contribution in [0.15, 0.2) is 12.1 Å². The van der Waals surface area contributed by atoms with Crippen molar-refractivity contribution in [1.29, 1.82) is 0 Å². The highest BCUT2D eigenvalue weighted by Crippen LogP contribution is 2.34. The van der Waals surface area contributed by atoms with E-state index in [-0.39, 0.29) is 6.04 Å². The lowest BCUT2D eigenvalue weighted by atomic mass is 10.1. The number of hydrogen-bond donors (Lipinski definition) is 2. The van der Waals surface area contributed by atoms with E-state index in [1.165, 1.54) is 6.07 Å². The summed E-state index contributed by atoms with van der Waals surface area (Å²) in [5, 5.41) is 9.94. The molecule has 0 aliphatic rings. The fourth-order valence-electron chi connectivity index (χ4n) is 1.88. The zero-order chi connectivity index (χ0) is 15.3. The highest BCUT2D eigenvalue weighted by molar-refractivity contribution is 6.35. The van der Waals surface area contributed by atoms with Gasteiger partial charge in [-0.15, -0.1) is 0 Å². The number of hydrogen-bond acceptors (Lipinski definition) is 3. The summed E-state index contributed by atoms with van der Waals surface area (Å²) in [6, 6.07) is 3.13. The molecular formula is C14H19Cl2NO3. The molecule has 0 saturated heterocycles. The average molecular weight is 320 g/mol. The monoisotopic (exact) mass is 319 g/mol. The molecule has 0 aromatic heterocycles. The molecular weight excluding hydrogens is 301 g/mol. The van der Waals surface area contributed by atoms with Crippen LogP contribution in [-0.4, -0.2) is 23.2 Å². The molecule has 1 aromatic rings. The molecule has 0 aliphatic heterocycles. The smallest absolute Gasteiger partial charge is 0.344 e. The van der Waals surface area contributed by atoms with Crippen molar-refractivity contribution >= 4 is 29.2 Å². The van der Waals surface area contributed by atoms with Crippen LogP contribution in [0.25, 0.3) is 0 Å². The van der Waals surface area contributed by atoms with E-state index in [1.54, 1.807) is 6.07 Å². The van der Waals surface area contributed by atoms with Gasteiger partial charge in [0, 0.05) is 11.1 Å². The molecule has 6 heteroatoms. The van der Waals surface area contributed by atoms with Gasteiger partial charge in [-0.1, -0.05) is 36.5 Å². The Labute approximate surface area is 128 Å². The van der Waals surface area contributed by atoms with Gasteiger partial charge in [0.05, 0.1) is 5.02 Å². The third-order valence-electron chi connectivity index (χ3n) is 2.71. The van der Waals surface area contributed by atoms with E-state index in [9.17, 15) is 4.79 Å². The van der Waals surface area contributed by atoms with Gasteiger partial charge in [-0.3, -0.25) is 0 Å². The summed E-state index contributed by atoms with van der Waals surface area (Å²) in [6.45, 7) is 3.74. The molecule has 0 heterocycles. The van der Waals surface area contributed by atoms with Crippen LogP contribution in [-0.2, 0) is 11.2 Å². The summed E-state index contributed by atoms with van der Waals surface area (Å²) in [5.74, 6) is -0.654. The van der Waals surface area contributed by atoms with Gasteiger partial charge in [0.25, 0.3) is 0 Å². The maximum atomic E-state index is 11.2. The van der Waals surface area contributed by atoms with Crippen molar-refractivity contribution in [2.45, 2.75) is 45.3 Å². The van der Waals surface area contributed by atoms with E-state index in [2.05, 4.69) is 0 Å². The summed E-state index contributed by atoms with van der Waals surface area (Å²) in [5.41, 5.74) is 6.51. The Morgan fingerprint density at radius 2 is 2.10 bits per heavy atom. The van der Waals surface area contributed by atoms with Crippen LogP contribution in [0, 0.1) is 0 Å². The first kappa shape index (κ1) is 17.1. The molecule has 0 spiro atoms. The minimum absolute atomic E-state index is 0.110. The topological polar surface area (TPSA) is 72.5 Å². The Bertz CT molecular complexity index is 478. The van der Waals surface area contributed by atoms with Gasteiger partial charge < -0.3 is 15.6 Å². The fourth-order valence-corrected chi connectivity index (χ4v) is 2.46. The van der Waals surface area contributed by atoms with Gasteiger partial charge in [-0.05, 0) is 37.5 Å². The number of nitrogens with two attached hydrogens (primary N) is 1. The molecule has 0 bridgehead atoms. The second-order valence-corrected chi connectivity index (χ2v) is 5.63. The second kappa shape index (κ2) is 7.72. The molecule has 0 aliphatic carbocycles. The normalized spacial score (nSPS) is 13.8. The molecule has 4 nitrogen and oxygen atoms in total. The Morgan fingerprint density at radius 3 is 2.60 bits per heavy atom. The summed E-state index contributed by atoms with van der Waals surface area (Å²) in [7, 11) is 0. The highest BCUT2D eigenvalue weighted by Gasteiger charge is 2.22. The highest BCUT2D eigenvalue weighted by atomic mass is 35.5. The number of benzene rings is 1. The van der Waals surface area contributed by atoms with Crippen molar-refractivity contribution in [2.75, 3.05) is 0 Å². The third-order valence-corrected chi connectivity index (χ3v) is 3.21. The van der Waals surface area contributed by atoms with Crippen LogP contribution < -0.4 is 10.5 Å². The summed E-state index contributed by atoms with van der Waals surface area (Å²) in [6.07, 6.45) is 0.690. The Hall–Kier alpha value is -0.970. The van der Waals surface area contributed by atoms with E-state index in [1.807, 2.05) is 13.8 Å². The van der Waals surface area contributed by atoms with Crippen molar-refractivity contribution in [3.63, 3.8) is 0 Å². The van der Waals surface area contributed by atoms with Gasteiger partial charge in [0.2, 0.25) is 0 Å². The zero-order valence-corrected chi connectivity index (χ0v) is 13.0. The van der Waals surface area contributed by atoms with Gasteiger partial charge in [0.15, 0.2) is 6.10 Å². The number of ether oxygens (including phenoxy) is 1. The lowest BCUT2D eigenvalue weighted by molar-refractivity contribution is -0.145. The van der Waals surface area contributed by atoms with Gasteiger partial charge in [-0.25, -0.2) is 4.79 Å². The van der Waals surface area contributed by atoms with Gasteiger partial charge >= 0.3 is 5.97 Å². The van der Waals surface area contributed by atoms with Crippen molar-refractivity contribution in [3.05, 3.63) is 27.7 Å². The standard InChI is InChI=1S/C14H19Cl2NO3/c1-3-4-12(14(18)19)20-13-9(5-8(2)17)6-10(15)7-11(13)16/h6-8,12H,3-5,17H2,1-2H3,(H,18,19). The van der Waals surface area contributed by atoms with Gasteiger partial charge in [-0.2, -0.15) is 0 Å². The summed E-state index contributed by atoms with van der Waals surface area (Å²) >= 11 is 12.1. The average Bonchev–Trinajstić information content (AvgIpc) is 2.30. The Balaban J connectivity index is 3.11. The minimum atomic E-state index is -1.01. The van der Waals surface area contributed by atoms with E-state index in [0.717, 1.165) is 5.56 Å². The number of aliphatic carboxylic acids is 1. The van der Waals surface area contributed by atoms with Crippen LogP contribution in [0.2, 0.25) is 10.0 Å². The number of rotatable bonds is 7. The molecule has 20 heavy (non-hydrogen) atoms. The van der Waals surface area contributed by atoms with E-state index >= 15 is 0 Å². The van der Waals surface area contributed by atoms with E-state index < -0.39 is 12.1 Å². The molecule has 3 N–H and O–H groups in total. The van der Waals surface area contributed by atoms with Crippen LogP contribution >= 0.6 is 23.2 Å². The zero-order valence-electron chi connectivity index (χ0n) is 11.5. The van der Waals surface area contributed by atoms with Gasteiger partial charge in [0.1, 0.15) is 5.75 Å². The van der Waals surface area contributed by atoms with Crippen LogP contribution in [0.3, 0.4) is 0 Å². The maximum absolute atomic E-state index is 11.2. The van der Waals surface area contributed by atoms with Crippen molar-refractivity contribution in [3.8, 4) is 5.75 Å². The van der Waals surface area contributed by atoms with E-state index in [0.29, 0.717) is 35.1 Å². The lowest BCUT2D eigenvalue weighted by Crippen LogP contribution is -2.28. The Kier molecular flexibility index (Phi) is 6.59. The minimum Gasteiger partial charge on any atom is -0.479 e. The van der Waals surface area contributed by atoms with Crippen LogP contribution in [0.5, 0.6) is 5.75 Å². The number of carbonyl (C=O) groups is 1. The van der Waals surface area contributed by atoms with Crippen LogP contribution in [0.4, 0.5) is 0 Å². The first-order chi connectivity index (χ1) is 9.35. The molecule has 1 aromatic carbocycles. The Morgan fingerprint density at radius 1 is 1.45 bits per heavy atom. The fraction of sp³-hybridized carbons (Fsp3) is 0.500. The van der Waals surface area contributed by atoms with Crippen molar-refractivity contribution in [1.82, 2.24) is 0 Å². The molecule has 0 saturated carbocycles. The molecule has 0 fully saturated rings. The molecule has 1 rings (SSSR count). The number of halogens is 2. The predicted molar refractivity (Wildman–Crippen MR) is 80.8 cm³/mol. The number of carboxylic acid groups (broad SMARTS) is 1. The molecule has 2 atom stereocenters. The SMILES string of the molecule is CCCC(Oc1c(Cl)cc(Cl)cc1CC(C)N)C(=O)O. The number of carboxylic acids is 1. The summed E-state index contributed by atoms with van der Waals surface area (Å²) < 4.78 is 5.59. The first-order valence-electron chi connectivity index (χ1n) is 6.48. The molecule has 0 amide bonds. The molecule has 0 radical (unpaired) electrons. The lowest BCUT2D eigenvalue weighted by Gasteiger charge is -2.19. The second-order valence-electron chi connectivity index (χ2n) is 4.79.